The van der Waals surface area contributed by atoms with E-state index < -0.39 is 23.8 Å². The van der Waals surface area contributed by atoms with Crippen molar-refractivity contribution in [3.05, 3.63) is 0 Å². The molecular weight excluding hydrogens is 186 g/mol. The fourth-order valence-electron chi connectivity index (χ4n) is 0.778. The van der Waals surface area contributed by atoms with Crippen LogP contribution in [0.3, 0.4) is 0 Å². The van der Waals surface area contributed by atoms with Gasteiger partial charge in [0, 0.05) is 0 Å². The van der Waals surface area contributed by atoms with E-state index in [0.29, 0.717) is 0 Å². The van der Waals surface area contributed by atoms with E-state index in [1.165, 1.54) is 6.92 Å². The lowest BCUT2D eigenvalue weighted by Crippen LogP contribution is -2.46. The summed E-state index contributed by atoms with van der Waals surface area (Å²) >= 11 is 0. The molecule has 0 aliphatic rings. The molecule has 0 fully saturated rings. The molecule has 0 aromatic rings. The fourth-order valence-corrected chi connectivity index (χ4v) is 0.778. The Kier molecular flexibility index (Phi) is 4.87. The van der Waals surface area contributed by atoms with E-state index in [4.69, 9.17) is 14.9 Å². The molecule has 0 heterocycles. The van der Waals surface area contributed by atoms with Crippen LogP contribution in [0.1, 0.15) is 27.7 Å². The second-order valence-corrected chi connectivity index (χ2v) is 4.18. The van der Waals surface area contributed by atoms with Gasteiger partial charge in [0.25, 0.3) is 0 Å². The van der Waals surface area contributed by atoms with Crippen molar-refractivity contribution in [3.8, 4) is 0 Å². The van der Waals surface area contributed by atoms with Crippen LogP contribution in [0.25, 0.3) is 0 Å². The highest BCUT2D eigenvalue weighted by Crippen LogP contribution is 2.07. The monoisotopic (exact) mass is 205 g/mol. The lowest BCUT2D eigenvalue weighted by atomic mass is 10.2. The van der Waals surface area contributed by atoms with Gasteiger partial charge < -0.3 is 20.3 Å². The number of nitrogens with one attached hydrogen (secondary N) is 1. The zero-order valence-corrected chi connectivity index (χ0v) is 9.07. The second kappa shape index (κ2) is 5.17. The molecule has 0 saturated carbocycles. The number of carbonyl (C=O) groups excluding carboxylic acids is 1. The number of amides is 1. The molecule has 0 aromatic carbocycles. The third-order valence-corrected chi connectivity index (χ3v) is 1.48. The summed E-state index contributed by atoms with van der Waals surface area (Å²) in [5.74, 6) is 0. The summed E-state index contributed by atoms with van der Waals surface area (Å²) in [6, 6.07) is -0.690. The minimum Gasteiger partial charge on any atom is -0.444 e. The molecule has 0 aliphatic carbocycles. The number of alkyl carbamates (subject to hydrolysis) is 1. The van der Waals surface area contributed by atoms with Crippen LogP contribution in [0.2, 0.25) is 0 Å². The minimum absolute atomic E-state index is 0.323. The van der Waals surface area contributed by atoms with E-state index in [2.05, 4.69) is 5.32 Å². The van der Waals surface area contributed by atoms with Gasteiger partial charge >= 0.3 is 6.09 Å². The molecular formula is C9H19NO4. The highest BCUT2D eigenvalue weighted by molar-refractivity contribution is 5.68. The summed E-state index contributed by atoms with van der Waals surface area (Å²) in [4.78, 5) is 11.2. The maximum atomic E-state index is 11.2. The molecule has 0 aromatic heterocycles. The quantitative estimate of drug-likeness (QED) is 0.617. The summed E-state index contributed by atoms with van der Waals surface area (Å²) in [6.07, 6.45) is -1.45. The van der Waals surface area contributed by atoms with Crippen LogP contribution in [-0.2, 0) is 4.74 Å². The first-order valence-corrected chi connectivity index (χ1v) is 4.54. The van der Waals surface area contributed by atoms with Crippen molar-refractivity contribution in [2.24, 2.45) is 0 Å². The standard InChI is InChI=1S/C9H19NO4/c1-6(12)7(5-11)10-8(13)14-9(2,3)4/h6-7,11-12H,5H2,1-4H3,(H,10,13)/t6-,7+/m0/s1. The van der Waals surface area contributed by atoms with Gasteiger partial charge in [0.15, 0.2) is 0 Å². The van der Waals surface area contributed by atoms with E-state index in [1.54, 1.807) is 20.8 Å². The number of hydrogen-bond donors (Lipinski definition) is 3. The third-order valence-electron chi connectivity index (χ3n) is 1.48. The number of hydrogen-bond acceptors (Lipinski definition) is 4. The zero-order chi connectivity index (χ0) is 11.4. The largest absolute Gasteiger partial charge is 0.444 e. The van der Waals surface area contributed by atoms with E-state index in [9.17, 15) is 4.79 Å². The lowest BCUT2D eigenvalue weighted by molar-refractivity contribution is 0.0377. The SMILES string of the molecule is C[C@H](O)[C@@H](CO)NC(=O)OC(C)(C)C. The van der Waals surface area contributed by atoms with Crippen LogP contribution in [0.4, 0.5) is 4.79 Å². The molecule has 0 rings (SSSR count). The van der Waals surface area contributed by atoms with Crippen LogP contribution in [-0.4, -0.2) is 40.7 Å². The first-order valence-electron chi connectivity index (χ1n) is 4.54. The van der Waals surface area contributed by atoms with Crippen LogP contribution < -0.4 is 5.32 Å². The Morgan fingerprint density at radius 3 is 2.29 bits per heavy atom. The molecule has 5 nitrogen and oxygen atoms in total. The molecule has 0 unspecified atom stereocenters. The Hall–Kier alpha value is -0.810. The van der Waals surface area contributed by atoms with Crippen molar-refractivity contribution in [1.82, 2.24) is 5.32 Å². The van der Waals surface area contributed by atoms with E-state index >= 15 is 0 Å². The van der Waals surface area contributed by atoms with Crippen LogP contribution in [0, 0.1) is 0 Å². The Balaban J connectivity index is 4.04. The van der Waals surface area contributed by atoms with Crippen LogP contribution in [0.15, 0.2) is 0 Å². The number of rotatable bonds is 3. The van der Waals surface area contributed by atoms with Gasteiger partial charge in [-0.2, -0.15) is 0 Å². The molecule has 3 N–H and O–H groups in total. The second-order valence-electron chi connectivity index (χ2n) is 4.18. The van der Waals surface area contributed by atoms with Gasteiger partial charge in [0.05, 0.1) is 18.8 Å². The highest BCUT2D eigenvalue weighted by Gasteiger charge is 2.21. The summed E-state index contributed by atoms with van der Waals surface area (Å²) < 4.78 is 4.95. The highest BCUT2D eigenvalue weighted by atomic mass is 16.6. The van der Waals surface area contributed by atoms with Gasteiger partial charge in [0.1, 0.15) is 5.60 Å². The summed E-state index contributed by atoms with van der Waals surface area (Å²) in [5, 5.41) is 20.3. The van der Waals surface area contributed by atoms with Gasteiger partial charge in [-0.1, -0.05) is 0 Å². The number of ether oxygens (including phenoxy) is 1. The molecule has 84 valence electrons. The van der Waals surface area contributed by atoms with E-state index in [-0.39, 0.29) is 6.61 Å². The normalized spacial score (nSPS) is 15.9. The molecule has 0 radical (unpaired) electrons. The first-order chi connectivity index (χ1) is 6.26. The molecule has 0 bridgehead atoms. The molecule has 0 saturated heterocycles. The smallest absolute Gasteiger partial charge is 0.408 e. The Morgan fingerprint density at radius 1 is 1.50 bits per heavy atom. The number of aliphatic hydroxyl groups excluding tert-OH is 2. The Labute approximate surface area is 84.1 Å². The van der Waals surface area contributed by atoms with Gasteiger partial charge in [0.2, 0.25) is 0 Å². The molecule has 0 aliphatic heterocycles. The van der Waals surface area contributed by atoms with Gasteiger partial charge in [-0.25, -0.2) is 4.79 Å². The van der Waals surface area contributed by atoms with Crippen molar-refractivity contribution in [2.45, 2.75) is 45.4 Å². The van der Waals surface area contributed by atoms with Gasteiger partial charge in [-0.3, -0.25) is 0 Å². The van der Waals surface area contributed by atoms with Crippen molar-refractivity contribution in [3.63, 3.8) is 0 Å². The summed E-state index contributed by atoms with van der Waals surface area (Å²) in [5.41, 5.74) is -0.581. The minimum atomic E-state index is -0.812. The molecule has 1 amide bonds. The average Bonchev–Trinajstić information content (AvgIpc) is 1.96. The maximum Gasteiger partial charge on any atom is 0.408 e. The first kappa shape index (κ1) is 13.2. The fraction of sp³-hybridized carbons (Fsp3) is 0.889. The number of carbonyl (C=O) groups is 1. The Morgan fingerprint density at radius 2 is 2.00 bits per heavy atom. The summed E-state index contributed by atoms with van der Waals surface area (Å²) in [6.45, 7) is 6.38. The lowest BCUT2D eigenvalue weighted by Gasteiger charge is -2.23. The topological polar surface area (TPSA) is 78.8 Å². The average molecular weight is 205 g/mol. The zero-order valence-electron chi connectivity index (χ0n) is 9.07. The van der Waals surface area contributed by atoms with Gasteiger partial charge in [-0.15, -0.1) is 0 Å². The van der Waals surface area contributed by atoms with Gasteiger partial charge in [-0.05, 0) is 27.7 Å². The third kappa shape index (κ3) is 5.77. The molecule has 0 spiro atoms. The maximum absolute atomic E-state index is 11.2. The molecule has 14 heavy (non-hydrogen) atoms. The van der Waals surface area contributed by atoms with E-state index in [0.717, 1.165) is 0 Å². The van der Waals surface area contributed by atoms with E-state index in [1.807, 2.05) is 0 Å². The number of aliphatic hydroxyl groups is 2. The van der Waals surface area contributed by atoms with Crippen molar-refractivity contribution in [2.75, 3.05) is 6.61 Å². The predicted molar refractivity (Wildman–Crippen MR) is 51.9 cm³/mol. The molecule has 2 atom stereocenters. The predicted octanol–water partition coefficient (Wildman–Crippen LogP) is 0.253. The molecule has 5 heteroatoms. The van der Waals surface area contributed by atoms with Crippen LogP contribution in [0.5, 0.6) is 0 Å². The summed E-state index contributed by atoms with van der Waals surface area (Å²) in [7, 11) is 0. The van der Waals surface area contributed by atoms with Crippen molar-refractivity contribution >= 4 is 6.09 Å². The van der Waals surface area contributed by atoms with Crippen molar-refractivity contribution in [1.29, 1.82) is 0 Å². The van der Waals surface area contributed by atoms with Crippen LogP contribution >= 0.6 is 0 Å². The van der Waals surface area contributed by atoms with Crippen molar-refractivity contribution < 1.29 is 19.7 Å². The Bertz CT molecular complexity index is 186.